The standard InChI is InChI=1S/C30H33N3O7/c1-20-18-31(28(37)33(24(20)34)25(35)22-14-9-6-10-15-22)17-11-16-23-26(36)40-27(30(2,3)4)32(23)29(38)39-19-21-12-7-5-8-13-21/h5-10,12-15,18,23,27H,11,16-17,19H2,1-4H3/t23-,27-/m0/s1. The second-order valence-corrected chi connectivity index (χ2v) is 10.9. The van der Waals surface area contributed by atoms with Gasteiger partial charge in [0.05, 0.1) is 0 Å². The maximum absolute atomic E-state index is 13.2. The molecule has 2 aromatic carbocycles. The maximum atomic E-state index is 13.2. The van der Waals surface area contributed by atoms with Crippen molar-refractivity contribution in [3.05, 3.63) is 104 Å². The van der Waals surface area contributed by atoms with Gasteiger partial charge in [-0.1, -0.05) is 69.3 Å². The van der Waals surface area contributed by atoms with E-state index in [0.29, 0.717) is 4.57 Å². The maximum Gasteiger partial charge on any atom is 0.413 e. The molecule has 10 heteroatoms. The Labute approximate surface area is 231 Å². The largest absolute Gasteiger partial charge is 0.444 e. The normalized spacial score (nSPS) is 17.0. The van der Waals surface area contributed by atoms with E-state index in [1.54, 1.807) is 18.2 Å². The van der Waals surface area contributed by atoms with E-state index < -0.39 is 46.9 Å². The Morgan fingerprint density at radius 2 is 1.57 bits per heavy atom. The average Bonchev–Trinajstić information content (AvgIpc) is 3.28. The molecule has 210 valence electrons. The summed E-state index contributed by atoms with van der Waals surface area (Å²) in [5.74, 6) is -1.27. The molecule has 40 heavy (non-hydrogen) atoms. The lowest BCUT2D eigenvalue weighted by atomic mass is 9.93. The van der Waals surface area contributed by atoms with Crippen LogP contribution in [0.15, 0.2) is 76.4 Å². The van der Waals surface area contributed by atoms with E-state index in [2.05, 4.69) is 0 Å². The van der Waals surface area contributed by atoms with E-state index in [9.17, 15) is 24.0 Å². The Morgan fingerprint density at radius 1 is 0.950 bits per heavy atom. The van der Waals surface area contributed by atoms with Crippen LogP contribution in [0.1, 0.15) is 55.1 Å². The van der Waals surface area contributed by atoms with Crippen molar-refractivity contribution in [3.63, 3.8) is 0 Å². The monoisotopic (exact) mass is 547 g/mol. The van der Waals surface area contributed by atoms with E-state index in [-0.39, 0.29) is 37.1 Å². The second-order valence-electron chi connectivity index (χ2n) is 10.9. The first-order valence-corrected chi connectivity index (χ1v) is 13.1. The van der Waals surface area contributed by atoms with E-state index in [0.717, 1.165) is 5.56 Å². The van der Waals surface area contributed by atoms with Gasteiger partial charge in [-0.25, -0.2) is 14.4 Å². The predicted molar refractivity (Wildman–Crippen MR) is 147 cm³/mol. The number of benzene rings is 2. The summed E-state index contributed by atoms with van der Waals surface area (Å²) in [5, 5.41) is 0. The molecule has 0 bridgehead atoms. The van der Waals surface area contributed by atoms with E-state index >= 15 is 0 Å². The molecule has 1 aromatic heterocycles. The lowest BCUT2D eigenvalue weighted by molar-refractivity contribution is -0.147. The number of rotatable bonds is 7. The molecule has 2 heterocycles. The molecule has 4 rings (SSSR count). The van der Waals surface area contributed by atoms with Gasteiger partial charge in [0.2, 0.25) is 0 Å². The summed E-state index contributed by atoms with van der Waals surface area (Å²) in [6.45, 7) is 7.26. The van der Waals surface area contributed by atoms with Crippen molar-refractivity contribution in [1.82, 2.24) is 14.0 Å². The fourth-order valence-corrected chi connectivity index (χ4v) is 4.63. The van der Waals surface area contributed by atoms with Crippen LogP contribution in [-0.4, -0.2) is 44.3 Å². The van der Waals surface area contributed by atoms with Crippen LogP contribution in [0.25, 0.3) is 0 Å². The molecule has 3 aromatic rings. The lowest BCUT2D eigenvalue weighted by Crippen LogP contribution is -2.48. The van der Waals surface area contributed by atoms with Crippen LogP contribution in [0.5, 0.6) is 0 Å². The van der Waals surface area contributed by atoms with Crippen LogP contribution in [0.4, 0.5) is 4.79 Å². The number of carbonyl (C=O) groups is 3. The Balaban J connectivity index is 1.52. The number of aryl methyl sites for hydroxylation is 2. The third kappa shape index (κ3) is 6.06. The van der Waals surface area contributed by atoms with Crippen LogP contribution in [0, 0.1) is 12.3 Å². The topological polar surface area (TPSA) is 117 Å². The second kappa shape index (κ2) is 11.7. The van der Waals surface area contributed by atoms with Crippen molar-refractivity contribution < 1.29 is 23.9 Å². The van der Waals surface area contributed by atoms with Gasteiger partial charge in [-0.3, -0.25) is 19.1 Å². The van der Waals surface area contributed by atoms with Crippen LogP contribution in [0.2, 0.25) is 0 Å². The molecule has 0 saturated carbocycles. The highest BCUT2D eigenvalue weighted by molar-refractivity contribution is 5.95. The minimum absolute atomic E-state index is 0.0413. The molecule has 0 N–H and O–H groups in total. The van der Waals surface area contributed by atoms with Gasteiger partial charge >= 0.3 is 17.8 Å². The number of carbonyl (C=O) groups excluding carboxylic acids is 3. The summed E-state index contributed by atoms with van der Waals surface area (Å²) >= 11 is 0. The number of amides is 1. The first-order chi connectivity index (χ1) is 19.0. The first kappa shape index (κ1) is 28.5. The van der Waals surface area contributed by atoms with E-state index in [4.69, 9.17) is 9.47 Å². The molecule has 1 aliphatic rings. The highest BCUT2D eigenvalue weighted by Gasteiger charge is 2.50. The molecule has 0 radical (unpaired) electrons. The van der Waals surface area contributed by atoms with Crippen LogP contribution in [0.3, 0.4) is 0 Å². The van der Waals surface area contributed by atoms with Gasteiger partial charge in [0.15, 0.2) is 6.23 Å². The Hall–Kier alpha value is -4.47. The molecule has 0 spiro atoms. The van der Waals surface area contributed by atoms with E-state index in [1.165, 1.54) is 34.7 Å². The van der Waals surface area contributed by atoms with Gasteiger partial charge in [0.25, 0.3) is 11.5 Å². The first-order valence-electron chi connectivity index (χ1n) is 13.1. The average molecular weight is 548 g/mol. The van der Waals surface area contributed by atoms with E-state index in [1.807, 2.05) is 51.1 Å². The van der Waals surface area contributed by atoms with Gasteiger partial charge in [0, 0.05) is 29.3 Å². The number of esters is 1. The summed E-state index contributed by atoms with van der Waals surface area (Å²) in [7, 11) is 0. The summed E-state index contributed by atoms with van der Waals surface area (Å²) < 4.78 is 13.0. The quantitative estimate of drug-likeness (QED) is 0.414. The molecule has 1 aliphatic heterocycles. The Bertz CT molecular complexity index is 1500. The van der Waals surface area contributed by atoms with Crippen molar-refractivity contribution >= 4 is 18.0 Å². The Morgan fingerprint density at radius 3 is 2.20 bits per heavy atom. The van der Waals surface area contributed by atoms with Gasteiger partial charge in [-0.05, 0) is 37.5 Å². The van der Waals surface area contributed by atoms with Gasteiger partial charge in [-0.2, -0.15) is 4.57 Å². The highest BCUT2D eigenvalue weighted by atomic mass is 16.6. The predicted octanol–water partition coefficient (Wildman–Crippen LogP) is 3.72. The van der Waals surface area contributed by atoms with Crippen molar-refractivity contribution in [2.24, 2.45) is 5.41 Å². The van der Waals surface area contributed by atoms with Gasteiger partial charge in [0.1, 0.15) is 12.6 Å². The smallest absolute Gasteiger partial charge is 0.413 e. The molecule has 0 aliphatic carbocycles. The zero-order valence-electron chi connectivity index (χ0n) is 23.0. The van der Waals surface area contributed by atoms with Crippen LogP contribution in [-0.2, 0) is 27.4 Å². The molecule has 1 saturated heterocycles. The summed E-state index contributed by atoms with van der Waals surface area (Å²) in [4.78, 5) is 66.2. The van der Waals surface area contributed by atoms with Gasteiger partial charge in [-0.15, -0.1) is 0 Å². The zero-order valence-corrected chi connectivity index (χ0v) is 23.0. The fourth-order valence-electron chi connectivity index (χ4n) is 4.63. The van der Waals surface area contributed by atoms with Crippen molar-refractivity contribution in [2.45, 2.75) is 66.0 Å². The lowest BCUT2D eigenvalue weighted by Gasteiger charge is -2.33. The Kier molecular flexibility index (Phi) is 8.37. The number of aromatic nitrogens is 2. The van der Waals surface area contributed by atoms with Crippen LogP contribution >= 0.6 is 0 Å². The summed E-state index contributed by atoms with van der Waals surface area (Å²) in [6, 6.07) is 16.4. The number of ether oxygens (including phenoxy) is 2. The molecule has 2 atom stereocenters. The molecular weight excluding hydrogens is 514 g/mol. The van der Waals surface area contributed by atoms with Crippen molar-refractivity contribution in [3.8, 4) is 0 Å². The third-order valence-corrected chi connectivity index (χ3v) is 6.67. The minimum atomic E-state index is -0.916. The highest BCUT2D eigenvalue weighted by Crippen LogP contribution is 2.34. The summed E-state index contributed by atoms with van der Waals surface area (Å²) in [6.07, 6.45) is 0.369. The van der Waals surface area contributed by atoms with Crippen molar-refractivity contribution in [1.29, 1.82) is 0 Å². The third-order valence-electron chi connectivity index (χ3n) is 6.67. The summed E-state index contributed by atoms with van der Waals surface area (Å²) in [5.41, 5.74) is -0.785. The van der Waals surface area contributed by atoms with Crippen molar-refractivity contribution in [2.75, 3.05) is 0 Å². The molecule has 10 nitrogen and oxygen atoms in total. The fraction of sp³-hybridized carbons (Fsp3) is 0.367. The molecule has 1 amide bonds. The number of hydrogen-bond donors (Lipinski definition) is 0. The molecule has 1 fully saturated rings. The van der Waals surface area contributed by atoms with Crippen LogP contribution < -0.4 is 11.2 Å². The zero-order chi connectivity index (χ0) is 29.0. The minimum Gasteiger partial charge on any atom is -0.444 e. The molecule has 0 unspecified atom stereocenters. The molecular formula is C30H33N3O7. The SMILES string of the molecule is Cc1cn(CCC[C@H]2C(=O)O[C@@H](C(C)(C)C)N2C(=O)OCc2ccccc2)c(=O)n(C(=O)c2ccccc2)c1=O. The van der Waals surface area contributed by atoms with Gasteiger partial charge < -0.3 is 9.47 Å². The number of cyclic esters (lactones) is 1. The number of hydrogen-bond acceptors (Lipinski definition) is 7. The number of nitrogens with zero attached hydrogens (tertiary/aromatic N) is 3.